The Morgan fingerprint density at radius 1 is 1.12 bits per heavy atom. The summed E-state index contributed by atoms with van der Waals surface area (Å²) in [5, 5.41) is 2.60. The molecule has 16 heavy (non-hydrogen) atoms. The van der Waals surface area contributed by atoms with Gasteiger partial charge in [-0.3, -0.25) is 0 Å². The van der Waals surface area contributed by atoms with Crippen LogP contribution in [0.1, 0.15) is 23.6 Å². The molecule has 0 N–H and O–H groups in total. The molecule has 0 atom stereocenters. The van der Waals surface area contributed by atoms with Crippen molar-refractivity contribution in [2.75, 3.05) is 0 Å². The molecule has 0 bridgehead atoms. The minimum atomic E-state index is 1.02. The van der Waals surface area contributed by atoms with E-state index in [1.54, 1.807) is 0 Å². The predicted octanol–water partition coefficient (Wildman–Crippen LogP) is 4.69. The fourth-order valence-corrected chi connectivity index (χ4v) is 2.25. The van der Waals surface area contributed by atoms with Gasteiger partial charge in [0, 0.05) is 0 Å². The van der Waals surface area contributed by atoms with E-state index in [4.69, 9.17) is 0 Å². The van der Waals surface area contributed by atoms with Crippen LogP contribution in [-0.4, -0.2) is 0 Å². The highest BCUT2D eigenvalue weighted by Crippen LogP contribution is 2.28. The molecule has 0 unspecified atom stereocenters. The zero-order valence-corrected chi connectivity index (χ0v) is 9.66. The van der Waals surface area contributed by atoms with Crippen molar-refractivity contribution < 1.29 is 0 Å². The van der Waals surface area contributed by atoms with Crippen LogP contribution >= 0.6 is 0 Å². The maximum atomic E-state index is 3.91. The van der Waals surface area contributed by atoms with Gasteiger partial charge in [0.05, 0.1) is 0 Å². The first-order chi connectivity index (χ1) is 7.81. The molecular formula is C16H16. The van der Waals surface area contributed by atoms with E-state index in [9.17, 15) is 0 Å². The van der Waals surface area contributed by atoms with Gasteiger partial charge in [0.15, 0.2) is 0 Å². The fourth-order valence-electron chi connectivity index (χ4n) is 2.25. The Balaban J connectivity index is 2.93. The van der Waals surface area contributed by atoms with E-state index in [0.717, 1.165) is 6.42 Å². The molecule has 0 heteroatoms. The molecule has 0 aliphatic rings. The molecule has 2 aromatic rings. The van der Waals surface area contributed by atoms with Gasteiger partial charge in [-0.25, -0.2) is 0 Å². The van der Waals surface area contributed by atoms with Crippen molar-refractivity contribution in [1.29, 1.82) is 0 Å². The molecule has 2 aromatic carbocycles. The third-order valence-electron chi connectivity index (χ3n) is 3.01. The smallest absolute Gasteiger partial charge is 0.0146 e. The van der Waals surface area contributed by atoms with Crippen LogP contribution in [0, 0.1) is 0 Å². The summed E-state index contributed by atoms with van der Waals surface area (Å²) in [6.07, 6.45) is 4.86. The summed E-state index contributed by atoms with van der Waals surface area (Å²) in [5.41, 5.74) is 3.75. The SMILES string of the molecule is C=Cc1cc2ccccc2c(CC)c1C=C. The standard InChI is InChI=1S/C16H16/c1-4-12-11-13-9-7-8-10-16(13)15(6-3)14(12)5-2/h4-5,7-11H,1-2,6H2,3H3. The van der Waals surface area contributed by atoms with Crippen LogP contribution < -0.4 is 0 Å². The molecule has 0 saturated heterocycles. The van der Waals surface area contributed by atoms with Crippen molar-refractivity contribution in [3.63, 3.8) is 0 Å². The van der Waals surface area contributed by atoms with Gasteiger partial charge in [-0.1, -0.05) is 56.5 Å². The van der Waals surface area contributed by atoms with Gasteiger partial charge in [0.1, 0.15) is 0 Å². The molecule has 0 spiro atoms. The van der Waals surface area contributed by atoms with Crippen molar-refractivity contribution in [2.24, 2.45) is 0 Å². The molecule has 0 aliphatic carbocycles. The average molecular weight is 208 g/mol. The zero-order valence-electron chi connectivity index (χ0n) is 9.66. The Bertz CT molecular complexity index is 547. The van der Waals surface area contributed by atoms with Gasteiger partial charge in [0.25, 0.3) is 0 Å². The maximum absolute atomic E-state index is 3.91. The van der Waals surface area contributed by atoms with Crippen molar-refractivity contribution in [2.45, 2.75) is 13.3 Å². The summed E-state index contributed by atoms with van der Waals surface area (Å²) in [5.74, 6) is 0. The van der Waals surface area contributed by atoms with Gasteiger partial charge in [-0.15, -0.1) is 0 Å². The Hall–Kier alpha value is -1.82. The first-order valence-corrected chi connectivity index (χ1v) is 5.61. The molecule has 0 amide bonds. The quantitative estimate of drug-likeness (QED) is 0.686. The van der Waals surface area contributed by atoms with E-state index in [-0.39, 0.29) is 0 Å². The molecule has 0 fully saturated rings. The first kappa shape index (κ1) is 10.7. The van der Waals surface area contributed by atoms with Crippen molar-refractivity contribution in [3.8, 4) is 0 Å². The van der Waals surface area contributed by atoms with Gasteiger partial charge < -0.3 is 0 Å². The molecule has 0 aromatic heterocycles. The summed E-state index contributed by atoms with van der Waals surface area (Å²) in [7, 11) is 0. The van der Waals surface area contributed by atoms with Crippen LogP contribution in [0.15, 0.2) is 43.5 Å². The topological polar surface area (TPSA) is 0 Å². The predicted molar refractivity (Wildman–Crippen MR) is 73.5 cm³/mol. The van der Waals surface area contributed by atoms with Crippen LogP contribution in [-0.2, 0) is 6.42 Å². The molecular weight excluding hydrogens is 192 g/mol. The summed E-state index contributed by atoms with van der Waals surface area (Å²) in [6, 6.07) is 10.7. The number of fused-ring (bicyclic) bond motifs is 1. The lowest BCUT2D eigenvalue weighted by Gasteiger charge is -2.12. The number of aryl methyl sites for hydroxylation is 1. The second-order valence-corrected chi connectivity index (χ2v) is 3.84. The molecule has 0 heterocycles. The second-order valence-electron chi connectivity index (χ2n) is 3.84. The lowest BCUT2D eigenvalue weighted by Crippen LogP contribution is -1.92. The lowest BCUT2D eigenvalue weighted by atomic mass is 9.92. The van der Waals surface area contributed by atoms with Gasteiger partial charge in [-0.2, -0.15) is 0 Å². The minimum absolute atomic E-state index is 1.02. The molecule has 0 radical (unpaired) electrons. The van der Waals surface area contributed by atoms with E-state index in [1.807, 2.05) is 12.2 Å². The Kier molecular flexibility index (Phi) is 2.91. The largest absolute Gasteiger partial charge is 0.0984 e. The van der Waals surface area contributed by atoms with Crippen molar-refractivity contribution >= 4 is 22.9 Å². The number of benzene rings is 2. The average Bonchev–Trinajstić information content (AvgIpc) is 2.36. The van der Waals surface area contributed by atoms with Crippen molar-refractivity contribution in [3.05, 3.63) is 60.2 Å². The van der Waals surface area contributed by atoms with E-state index in [2.05, 4.69) is 50.4 Å². The van der Waals surface area contributed by atoms with Gasteiger partial charge in [0.2, 0.25) is 0 Å². The number of hydrogen-bond donors (Lipinski definition) is 0. The van der Waals surface area contributed by atoms with E-state index >= 15 is 0 Å². The number of hydrogen-bond acceptors (Lipinski definition) is 0. The Morgan fingerprint density at radius 3 is 2.50 bits per heavy atom. The fraction of sp³-hybridized carbons (Fsp3) is 0.125. The number of rotatable bonds is 3. The van der Waals surface area contributed by atoms with Crippen molar-refractivity contribution in [1.82, 2.24) is 0 Å². The lowest BCUT2D eigenvalue weighted by molar-refractivity contribution is 1.15. The summed E-state index contributed by atoms with van der Waals surface area (Å²) in [6.45, 7) is 9.96. The third kappa shape index (κ3) is 1.57. The van der Waals surface area contributed by atoms with Crippen LogP contribution in [0.3, 0.4) is 0 Å². The Labute approximate surface area is 96.9 Å². The molecule has 0 aliphatic heterocycles. The van der Waals surface area contributed by atoms with Gasteiger partial charge in [-0.05, 0) is 39.9 Å². The normalized spacial score (nSPS) is 10.3. The monoisotopic (exact) mass is 208 g/mol. The van der Waals surface area contributed by atoms with E-state index < -0.39 is 0 Å². The highest BCUT2D eigenvalue weighted by atomic mass is 14.1. The van der Waals surface area contributed by atoms with Crippen LogP contribution in [0.5, 0.6) is 0 Å². The summed E-state index contributed by atoms with van der Waals surface area (Å²) >= 11 is 0. The third-order valence-corrected chi connectivity index (χ3v) is 3.01. The maximum Gasteiger partial charge on any atom is -0.0146 e. The highest BCUT2D eigenvalue weighted by molar-refractivity contribution is 5.92. The second kappa shape index (κ2) is 4.36. The summed E-state index contributed by atoms with van der Waals surface area (Å²) in [4.78, 5) is 0. The summed E-state index contributed by atoms with van der Waals surface area (Å²) < 4.78 is 0. The minimum Gasteiger partial charge on any atom is -0.0984 e. The van der Waals surface area contributed by atoms with Crippen LogP contribution in [0.2, 0.25) is 0 Å². The highest BCUT2D eigenvalue weighted by Gasteiger charge is 2.07. The van der Waals surface area contributed by atoms with Crippen LogP contribution in [0.4, 0.5) is 0 Å². The van der Waals surface area contributed by atoms with E-state index in [0.29, 0.717) is 0 Å². The molecule has 0 nitrogen and oxygen atoms in total. The molecule has 0 saturated carbocycles. The molecule has 80 valence electrons. The zero-order chi connectivity index (χ0) is 11.5. The van der Waals surface area contributed by atoms with Gasteiger partial charge >= 0.3 is 0 Å². The van der Waals surface area contributed by atoms with E-state index in [1.165, 1.54) is 27.5 Å². The molecule has 2 rings (SSSR count). The Morgan fingerprint density at radius 2 is 1.88 bits per heavy atom. The first-order valence-electron chi connectivity index (χ1n) is 5.61. The van der Waals surface area contributed by atoms with Crippen LogP contribution in [0.25, 0.3) is 22.9 Å².